The number of carbonyl (C=O) groups excluding carboxylic acids is 1. The number of aryl methyl sites for hydroxylation is 1. The number of benzene rings is 1. The Bertz CT molecular complexity index is 506. The van der Waals surface area contributed by atoms with E-state index >= 15 is 0 Å². The van der Waals surface area contributed by atoms with Crippen molar-refractivity contribution in [2.24, 2.45) is 17.8 Å². The molecule has 2 nitrogen and oxygen atoms in total. The largest absolute Gasteiger partial charge is 0.326 e. The number of fused-ring (bicyclic) bond motifs is 1. The molecule has 0 radical (unpaired) electrons. The van der Waals surface area contributed by atoms with Gasteiger partial charge in [0, 0.05) is 11.6 Å². The molecule has 0 spiro atoms. The molecule has 3 atom stereocenters. The molecule has 1 aromatic rings. The molecule has 1 N–H and O–H groups in total. The predicted octanol–water partition coefficient (Wildman–Crippen LogP) is 3.93. The third-order valence-corrected chi connectivity index (χ3v) is 4.45. The lowest BCUT2D eigenvalue weighted by molar-refractivity contribution is -0.117. The summed E-state index contributed by atoms with van der Waals surface area (Å²) in [5, 5.41) is 3.10. The molecule has 1 fully saturated rings. The Morgan fingerprint density at radius 3 is 2.95 bits per heavy atom. The molecule has 0 heterocycles. The number of hydrogen-bond acceptors (Lipinski definition) is 1. The van der Waals surface area contributed by atoms with Gasteiger partial charge >= 0.3 is 0 Å². The molecular formula is C17H21NO. The zero-order valence-corrected chi connectivity index (χ0v) is 11.4. The Labute approximate surface area is 114 Å². The average Bonchev–Trinajstić information content (AvgIpc) is 3.03. The van der Waals surface area contributed by atoms with E-state index < -0.39 is 0 Å². The first-order chi connectivity index (χ1) is 9.27. The van der Waals surface area contributed by atoms with Crippen molar-refractivity contribution >= 4 is 11.6 Å². The maximum atomic E-state index is 12.4. The van der Waals surface area contributed by atoms with Crippen molar-refractivity contribution < 1.29 is 4.79 Å². The Morgan fingerprint density at radius 2 is 2.11 bits per heavy atom. The van der Waals surface area contributed by atoms with Gasteiger partial charge in [-0.05, 0) is 49.7 Å². The monoisotopic (exact) mass is 255 g/mol. The third kappa shape index (κ3) is 2.58. The Kier molecular flexibility index (Phi) is 3.41. The van der Waals surface area contributed by atoms with Gasteiger partial charge in [0.25, 0.3) is 0 Å². The summed E-state index contributed by atoms with van der Waals surface area (Å²) in [5.41, 5.74) is 2.08. The lowest BCUT2D eigenvalue weighted by Gasteiger charge is -2.07. The van der Waals surface area contributed by atoms with Gasteiger partial charge in [-0.25, -0.2) is 0 Å². The van der Waals surface area contributed by atoms with E-state index in [4.69, 9.17) is 0 Å². The molecule has 2 aliphatic rings. The van der Waals surface area contributed by atoms with Crippen LogP contribution in [0.3, 0.4) is 0 Å². The van der Waals surface area contributed by atoms with Gasteiger partial charge in [-0.3, -0.25) is 4.79 Å². The van der Waals surface area contributed by atoms with Crippen LogP contribution in [0.4, 0.5) is 5.69 Å². The summed E-state index contributed by atoms with van der Waals surface area (Å²) in [4.78, 5) is 12.4. The van der Waals surface area contributed by atoms with Crippen LogP contribution in [0, 0.1) is 24.7 Å². The number of hydrogen-bond donors (Lipinski definition) is 1. The number of nitrogens with one attached hydrogen (secondary N) is 1. The Morgan fingerprint density at radius 1 is 1.26 bits per heavy atom. The van der Waals surface area contributed by atoms with Crippen molar-refractivity contribution in [1.82, 2.24) is 0 Å². The van der Waals surface area contributed by atoms with Crippen molar-refractivity contribution in [2.45, 2.75) is 32.6 Å². The van der Waals surface area contributed by atoms with E-state index in [1.54, 1.807) is 0 Å². The van der Waals surface area contributed by atoms with Crippen LogP contribution in [0.2, 0.25) is 0 Å². The smallest absolute Gasteiger partial charge is 0.228 e. The van der Waals surface area contributed by atoms with Crippen LogP contribution in [0.1, 0.15) is 31.2 Å². The van der Waals surface area contributed by atoms with E-state index in [-0.39, 0.29) is 11.8 Å². The second-order valence-corrected chi connectivity index (χ2v) is 5.78. The van der Waals surface area contributed by atoms with Gasteiger partial charge in [0.1, 0.15) is 0 Å². The van der Waals surface area contributed by atoms with Crippen LogP contribution in [-0.2, 0) is 4.79 Å². The van der Waals surface area contributed by atoms with Crippen molar-refractivity contribution in [1.29, 1.82) is 0 Å². The van der Waals surface area contributed by atoms with E-state index in [0.717, 1.165) is 11.3 Å². The predicted molar refractivity (Wildman–Crippen MR) is 77.9 cm³/mol. The molecule has 1 aromatic carbocycles. The summed E-state index contributed by atoms with van der Waals surface area (Å²) >= 11 is 0. The van der Waals surface area contributed by atoms with Gasteiger partial charge in [0.05, 0.1) is 0 Å². The summed E-state index contributed by atoms with van der Waals surface area (Å²) in [6.45, 7) is 2.03. The summed E-state index contributed by atoms with van der Waals surface area (Å²) in [6, 6.07) is 7.98. The second kappa shape index (κ2) is 5.20. The fraction of sp³-hybridized carbons (Fsp3) is 0.471. The molecule has 0 bridgehead atoms. The standard InChI is InChI=1S/C17H21NO/c1-12-8-6-7-11-15(12)18-17(19)16-13-9-4-2-3-5-10-14(13)16/h4,6-9,11,13-14,16H,2-3,5,10H2,1H3,(H,18,19)/b9-4-/t13-,14+,16-/m0/s1. The van der Waals surface area contributed by atoms with Crippen molar-refractivity contribution in [2.75, 3.05) is 5.32 Å². The summed E-state index contributed by atoms with van der Waals surface area (Å²) < 4.78 is 0. The molecule has 0 aromatic heterocycles. The first-order valence-electron chi connectivity index (χ1n) is 7.30. The van der Waals surface area contributed by atoms with Crippen LogP contribution in [0.5, 0.6) is 0 Å². The number of anilines is 1. The number of rotatable bonds is 2. The minimum atomic E-state index is 0.203. The van der Waals surface area contributed by atoms with Gasteiger partial charge < -0.3 is 5.32 Å². The van der Waals surface area contributed by atoms with Gasteiger partial charge in [-0.1, -0.05) is 36.8 Å². The van der Waals surface area contributed by atoms with Crippen LogP contribution < -0.4 is 5.32 Å². The first kappa shape index (κ1) is 12.5. The lowest BCUT2D eigenvalue weighted by Crippen LogP contribution is -2.16. The quantitative estimate of drug-likeness (QED) is 0.797. The van der Waals surface area contributed by atoms with Crippen LogP contribution in [0.25, 0.3) is 0 Å². The zero-order valence-electron chi connectivity index (χ0n) is 11.4. The minimum absolute atomic E-state index is 0.203. The molecule has 2 heteroatoms. The van der Waals surface area contributed by atoms with E-state index in [1.165, 1.54) is 25.7 Å². The van der Waals surface area contributed by atoms with E-state index in [0.29, 0.717) is 11.8 Å². The molecule has 0 unspecified atom stereocenters. The first-order valence-corrected chi connectivity index (χ1v) is 7.30. The highest BCUT2D eigenvalue weighted by atomic mass is 16.2. The highest BCUT2D eigenvalue weighted by Crippen LogP contribution is 2.51. The summed E-state index contributed by atoms with van der Waals surface area (Å²) in [7, 11) is 0. The maximum absolute atomic E-state index is 12.4. The molecule has 100 valence electrons. The van der Waals surface area contributed by atoms with Crippen LogP contribution >= 0.6 is 0 Å². The number of allylic oxidation sites excluding steroid dienone is 2. The van der Waals surface area contributed by atoms with E-state index in [9.17, 15) is 4.79 Å². The van der Waals surface area contributed by atoms with Crippen molar-refractivity contribution in [3.63, 3.8) is 0 Å². The molecule has 0 aliphatic heterocycles. The van der Waals surface area contributed by atoms with Gasteiger partial charge in [-0.2, -0.15) is 0 Å². The highest BCUT2D eigenvalue weighted by molar-refractivity contribution is 5.95. The van der Waals surface area contributed by atoms with E-state index in [2.05, 4.69) is 17.5 Å². The Balaban J connectivity index is 1.67. The second-order valence-electron chi connectivity index (χ2n) is 5.78. The number of amides is 1. The van der Waals surface area contributed by atoms with Crippen LogP contribution in [0.15, 0.2) is 36.4 Å². The molecule has 1 amide bonds. The molecule has 19 heavy (non-hydrogen) atoms. The highest BCUT2D eigenvalue weighted by Gasteiger charge is 2.52. The molecule has 2 aliphatic carbocycles. The third-order valence-electron chi connectivity index (χ3n) is 4.45. The van der Waals surface area contributed by atoms with Gasteiger partial charge in [-0.15, -0.1) is 0 Å². The van der Waals surface area contributed by atoms with E-state index in [1.807, 2.05) is 31.2 Å². The zero-order chi connectivity index (χ0) is 13.2. The minimum Gasteiger partial charge on any atom is -0.326 e. The van der Waals surface area contributed by atoms with Crippen molar-refractivity contribution in [3.8, 4) is 0 Å². The van der Waals surface area contributed by atoms with Gasteiger partial charge in [0.15, 0.2) is 0 Å². The molecular weight excluding hydrogens is 234 g/mol. The summed E-state index contributed by atoms with van der Waals surface area (Å²) in [6.07, 6.45) is 9.45. The molecule has 0 saturated heterocycles. The number of carbonyl (C=O) groups is 1. The normalized spacial score (nSPS) is 30.7. The molecule has 3 rings (SSSR count). The topological polar surface area (TPSA) is 29.1 Å². The lowest BCUT2D eigenvalue weighted by atomic mass is 10.1. The summed E-state index contributed by atoms with van der Waals surface area (Å²) in [5.74, 6) is 1.48. The van der Waals surface area contributed by atoms with Gasteiger partial charge in [0.2, 0.25) is 5.91 Å². The average molecular weight is 255 g/mol. The fourth-order valence-electron chi connectivity index (χ4n) is 3.23. The Hall–Kier alpha value is -1.57. The molecule has 1 saturated carbocycles. The maximum Gasteiger partial charge on any atom is 0.228 e. The SMILES string of the molecule is Cc1ccccc1NC(=O)[C@H]1[C@H]2/C=C\CCCC[C@H]21. The fourth-order valence-corrected chi connectivity index (χ4v) is 3.23. The van der Waals surface area contributed by atoms with Crippen molar-refractivity contribution in [3.05, 3.63) is 42.0 Å². The van der Waals surface area contributed by atoms with Crippen LogP contribution in [-0.4, -0.2) is 5.91 Å². The number of para-hydroxylation sites is 1.